The number of halogens is 1. The van der Waals surface area contributed by atoms with Crippen LogP contribution in [0.3, 0.4) is 0 Å². The Morgan fingerprint density at radius 3 is 2.94 bits per heavy atom. The minimum atomic E-state index is 0.502. The Balaban J connectivity index is 2.13. The van der Waals surface area contributed by atoms with E-state index >= 15 is 0 Å². The summed E-state index contributed by atoms with van der Waals surface area (Å²) >= 11 is 6.05. The van der Waals surface area contributed by atoms with Crippen LogP contribution in [0, 0.1) is 6.92 Å². The normalized spacial score (nSPS) is 10.7. The minimum absolute atomic E-state index is 0.502. The number of nitrogens with zero attached hydrogens (tertiary/aromatic N) is 3. The van der Waals surface area contributed by atoms with E-state index in [0.717, 1.165) is 23.4 Å². The standard InChI is InChI=1S/C13H17ClN4/c1-4-11-10(8-18(3)17-11)7-15-12-5-9(2)6-16-13(12)14/h5-6,8,15H,4,7H2,1-3H3. The lowest BCUT2D eigenvalue weighted by Crippen LogP contribution is -2.02. The van der Waals surface area contributed by atoms with Crippen LogP contribution in [0.15, 0.2) is 18.5 Å². The van der Waals surface area contributed by atoms with E-state index in [4.69, 9.17) is 11.6 Å². The maximum Gasteiger partial charge on any atom is 0.152 e. The SMILES string of the molecule is CCc1nn(C)cc1CNc1cc(C)cnc1Cl. The van der Waals surface area contributed by atoms with Crippen molar-refractivity contribution < 1.29 is 0 Å². The highest BCUT2D eigenvalue weighted by atomic mass is 35.5. The fraction of sp³-hybridized carbons (Fsp3) is 0.385. The topological polar surface area (TPSA) is 42.7 Å². The van der Waals surface area contributed by atoms with Crippen LogP contribution in [-0.4, -0.2) is 14.8 Å². The molecule has 0 aliphatic carbocycles. The van der Waals surface area contributed by atoms with Crippen LogP contribution in [-0.2, 0) is 20.0 Å². The maximum atomic E-state index is 6.05. The molecule has 0 aromatic carbocycles. The van der Waals surface area contributed by atoms with E-state index in [-0.39, 0.29) is 0 Å². The number of pyridine rings is 1. The van der Waals surface area contributed by atoms with Crippen molar-refractivity contribution in [3.05, 3.63) is 40.4 Å². The third-order valence-electron chi connectivity index (χ3n) is 2.77. The van der Waals surface area contributed by atoms with E-state index in [0.29, 0.717) is 11.7 Å². The number of aromatic nitrogens is 3. The van der Waals surface area contributed by atoms with E-state index < -0.39 is 0 Å². The quantitative estimate of drug-likeness (QED) is 0.864. The molecule has 18 heavy (non-hydrogen) atoms. The second-order valence-corrected chi connectivity index (χ2v) is 4.69. The highest BCUT2D eigenvalue weighted by Gasteiger charge is 2.07. The van der Waals surface area contributed by atoms with Crippen molar-refractivity contribution in [3.63, 3.8) is 0 Å². The Morgan fingerprint density at radius 1 is 1.44 bits per heavy atom. The number of nitrogens with one attached hydrogen (secondary N) is 1. The molecule has 0 unspecified atom stereocenters. The van der Waals surface area contributed by atoms with E-state index in [9.17, 15) is 0 Å². The summed E-state index contributed by atoms with van der Waals surface area (Å²) in [6.07, 6.45) is 4.72. The molecule has 0 saturated heterocycles. The summed E-state index contributed by atoms with van der Waals surface area (Å²) in [4.78, 5) is 4.12. The molecule has 0 saturated carbocycles. The van der Waals surface area contributed by atoms with Gasteiger partial charge in [0.25, 0.3) is 0 Å². The first-order valence-corrected chi connectivity index (χ1v) is 6.35. The molecule has 0 amide bonds. The van der Waals surface area contributed by atoms with Gasteiger partial charge in [0, 0.05) is 31.5 Å². The molecular formula is C13H17ClN4. The minimum Gasteiger partial charge on any atom is -0.378 e. The molecule has 5 heteroatoms. The molecule has 4 nitrogen and oxygen atoms in total. The Hall–Kier alpha value is -1.55. The number of hydrogen-bond acceptors (Lipinski definition) is 3. The first-order chi connectivity index (χ1) is 8.60. The van der Waals surface area contributed by atoms with Crippen LogP contribution >= 0.6 is 11.6 Å². The van der Waals surface area contributed by atoms with Crippen LogP contribution in [0.4, 0.5) is 5.69 Å². The van der Waals surface area contributed by atoms with Gasteiger partial charge in [0.15, 0.2) is 5.15 Å². The largest absolute Gasteiger partial charge is 0.378 e. The van der Waals surface area contributed by atoms with E-state index in [1.807, 2.05) is 30.9 Å². The fourth-order valence-corrected chi connectivity index (χ4v) is 2.07. The van der Waals surface area contributed by atoms with Gasteiger partial charge in [0.05, 0.1) is 11.4 Å². The lowest BCUT2D eigenvalue weighted by molar-refractivity contribution is 0.746. The molecule has 0 spiro atoms. The molecule has 0 bridgehead atoms. The van der Waals surface area contributed by atoms with Gasteiger partial charge >= 0.3 is 0 Å². The van der Waals surface area contributed by atoms with Crippen molar-refractivity contribution in [3.8, 4) is 0 Å². The summed E-state index contributed by atoms with van der Waals surface area (Å²) in [5.41, 5.74) is 4.26. The molecule has 2 rings (SSSR count). The molecule has 1 N–H and O–H groups in total. The molecule has 0 radical (unpaired) electrons. The Bertz CT molecular complexity index is 548. The van der Waals surface area contributed by atoms with Crippen LogP contribution < -0.4 is 5.32 Å². The van der Waals surface area contributed by atoms with Crippen molar-refractivity contribution in [2.24, 2.45) is 7.05 Å². The third kappa shape index (κ3) is 2.82. The highest BCUT2D eigenvalue weighted by molar-refractivity contribution is 6.31. The number of rotatable bonds is 4. The van der Waals surface area contributed by atoms with Gasteiger partial charge in [0.1, 0.15) is 0 Å². The van der Waals surface area contributed by atoms with Gasteiger partial charge in [-0.25, -0.2) is 4.98 Å². The Morgan fingerprint density at radius 2 is 2.22 bits per heavy atom. The van der Waals surface area contributed by atoms with E-state index in [2.05, 4.69) is 22.3 Å². The van der Waals surface area contributed by atoms with Crippen molar-refractivity contribution in [1.29, 1.82) is 0 Å². The highest BCUT2D eigenvalue weighted by Crippen LogP contribution is 2.21. The summed E-state index contributed by atoms with van der Waals surface area (Å²) in [7, 11) is 1.93. The molecule has 0 atom stereocenters. The summed E-state index contributed by atoms with van der Waals surface area (Å²) in [6, 6.07) is 2.00. The van der Waals surface area contributed by atoms with Gasteiger partial charge < -0.3 is 5.32 Å². The number of aryl methyl sites for hydroxylation is 3. The Kier molecular flexibility index (Phi) is 3.87. The second kappa shape index (κ2) is 5.40. The van der Waals surface area contributed by atoms with Gasteiger partial charge in [-0.2, -0.15) is 5.10 Å². The maximum absolute atomic E-state index is 6.05. The third-order valence-corrected chi connectivity index (χ3v) is 3.07. The van der Waals surface area contributed by atoms with Crippen molar-refractivity contribution in [2.45, 2.75) is 26.8 Å². The first kappa shape index (κ1) is 12.9. The Labute approximate surface area is 112 Å². The van der Waals surface area contributed by atoms with Gasteiger partial charge in [-0.3, -0.25) is 4.68 Å². The summed E-state index contributed by atoms with van der Waals surface area (Å²) in [5, 5.41) is 8.22. The second-order valence-electron chi connectivity index (χ2n) is 4.33. The van der Waals surface area contributed by atoms with Crippen LogP contribution in [0.5, 0.6) is 0 Å². The lowest BCUT2D eigenvalue weighted by Gasteiger charge is -2.08. The molecule has 2 aromatic rings. The van der Waals surface area contributed by atoms with Crippen molar-refractivity contribution in [1.82, 2.24) is 14.8 Å². The molecule has 0 fully saturated rings. The van der Waals surface area contributed by atoms with Crippen LogP contribution in [0.25, 0.3) is 0 Å². The molecule has 2 aromatic heterocycles. The van der Waals surface area contributed by atoms with E-state index in [1.54, 1.807) is 6.20 Å². The average Bonchev–Trinajstić information content (AvgIpc) is 2.71. The fourth-order valence-electron chi connectivity index (χ4n) is 1.90. The van der Waals surface area contributed by atoms with E-state index in [1.165, 1.54) is 5.56 Å². The molecule has 96 valence electrons. The van der Waals surface area contributed by atoms with Gasteiger partial charge in [0.2, 0.25) is 0 Å². The predicted molar refractivity (Wildman–Crippen MR) is 73.9 cm³/mol. The number of anilines is 1. The van der Waals surface area contributed by atoms with Gasteiger partial charge in [-0.05, 0) is 25.0 Å². The first-order valence-electron chi connectivity index (χ1n) is 5.97. The zero-order valence-electron chi connectivity index (χ0n) is 10.9. The molecular weight excluding hydrogens is 248 g/mol. The van der Waals surface area contributed by atoms with Gasteiger partial charge in [-0.15, -0.1) is 0 Å². The average molecular weight is 265 g/mol. The predicted octanol–water partition coefficient (Wildman–Crippen LogP) is 2.95. The smallest absolute Gasteiger partial charge is 0.152 e. The van der Waals surface area contributed by atoms with Gasteiger partial charge in [-0.1, -0.05) is 18.5 Å². The summed E-state index contributed by atoms with van der Waals surface area (Å²) in [5.74, 6) is 0. The van der Waals surface area contributed by atoms with Crippen LogP contribution in [0.1, 0.15) is 23.7 Å². The monoisotopic (exact) mass is 264 g/mol. The van der Waals surface area contributed by atoms with Crippen molar-refractivity contribution in [2.75, 3.05) is 5.32 Å². The lowest BCUT2D eigenvalue weighted by atomic mass is 10.2. The summed E-state index contributed by atoms with van der Waals surface area (Å²) < 4.78 is 1.84. The molecule has 0 aliphatic rings. The zero-order valence-corrected chi connectivity index (χ0v) is 11.6. The summed E-state index contributed by atoms with van der Waals surface area (Å²) in [6.45, 7) is 4.81. The van der Waals surface area contributed by atoms with Crippen molar-refractivity contribution >= 4 is 17.3 Å². The number of hydrogen-bond donors (Lipinski definition) is 1. The zero-order chi connectivity index (χ0) is 13.1. The molecule has 0 aliphatic heterocycles. The molecule has 2 heterocycles. The van der Waals surface area contributed by atoms with Crippen LogP contribution in [0.2, 0.25) is 5.15 Å².